The van der Waals surface area contributed by atoms with Crippen LogP contribution in [0.2, 0.25) is 0 Å². The van der Waals surface area contributed by atoms with Gasteiger partial charge in [0.1, 0.15) is 0 Å². The molecule has 108 valence electrons. The fraction of sp³-hybridized carbons (Fsp3) is 0.556. The number of benzene rings is 1. The van der Waals surface area contributed by atoms with Gasteiger partial charge in [-0.2, -0.15) is 0 Å². The van der Waals surface area contributed by atoms with Gasteiger partial charge in [0.15, 0.2) is 0 Å². The van der Waals surface area contributed by atoms with Crippen molar-refractivity contribution in [2.45, 2.75) is 45.7 Å². The summed E-state index contributed by atoms with van der Waals surface area (Å²) in [7, 11) is 0. The van der Waals surface area contributed by atoms with Crippen molar-refractivity contribution in [3.05, 3.63) is 47.5 Å². The number of nitrogens with two attached hydrogens (primary N) is 2. The molecular weight excluding hydrogens is 244 g/mol. The van der Waals surface area contributed by atoms with Crippen LogP contribution >= 0.6 is 0 Å². The molecule has 3 rings (SSSR count). The molecule has 2 aliphatic carbocycles. The Kier molecular flexibility index (Phi) is 2.90. The molecule has 0 aromatic heterocycles. The Morgan fingerprint density at radius 2 is 1.80 bits per heavy atom. The van der Waals surface area contributed by atoms with Crippen molar-refractivity contribution in [3.63, 3.8) is 0 Å². The minimum atomic E-state index is -0.719. The Hall–Kier alpha value is -1.12. The maximum atomic E-state index is 6.58. The normalized spacial score (nSPS) is 34.0. The zero-order valence-corrected chi connectivity index (χ0v) is 12.8. The molecule has 0 saturated carbocycles. The van der Waals surface area contributed by atoms with E-state index in [0.717, 1.165) is 24.8 Å². The van der Waals surface area contributed by atoms with E-state index < -0.39 is 5.66 Å². The Morgan fingerprint density at radius 1 is 1.10 bits per heavy atom. The molecule has 2 unspecified atom stereocenters. The smallest absolute Gasteiger partial charge is 0.0942 e. The van der Waals surface area contributed by atoms with Crippen molar-refractivity contribution in [2.24, 2.45) is 28.2 Å². The molecule has 2 nitrogen and oxygen atoms in total. The summed E-state index contributed by atoms with van der Waals surface area (Å²) in [5.41, 5.74) is 15.3. The Labute approximate surface area is 122 Å². The standard InChI is InChI=1S/C18H26N2/c1-16(2)9-6-10-17(3,12-16)15-11-13-7-4-5-8-14(13)18(15,19)20/h4-8,10,15H,9,11-12,19-20H2,1-3H3. The molecule has 1 aromatic rings. The summed E-state index contributed by atoms with van der Waals surface area (Å²) in [5, 5.41) is 0. The zero-order chi connectivity index (χ0) is 14.6. The Balaban J connectivity index is 2.01. The predicted octanol–water partition coefficient (Wildman–Crippen LogP) is 3.31. The number of allylic oxidation sites excluding steroid dienone is 2. The van der Waals surface area contributed by atoms with Crippen LogP contribution in [-0.2, 0) is 12.1 Å². The maximum absolute atomic E-state index is 6.58. The highest BCUT2D eigenvalue weighted by Gasteiger charge is 2.51. The van der Waals surface area contributed by atoms with Crippen LogP contribution < -0.4 is 11.5 Å². The highest BCUT2D eigenvalue weighted by atomic mass is 15.0. The largest absolute Gasteiger partial charge is 0.309 e. The lowest BCUT2D eigenvalue weighted by Crippen LogP contribution is -2.55. The molecule has 0 radical (unpaired) electrons. The van der Waals surface area contributed by atoms with E-state index in [1.54, 1.807) is 0 Å². The van der Waals surface area contributed by atoms with Gasteiger partial charge in [-0.15, -0.1) is 0 Å². The highest BCUT2D eigenvalue weighted by Crippen LogP contribution is 2.53. The van der Waals surface area contributed by atoms with E-state index in [9.17, 15) is 0 Å². The number of hydrogen-bond acceptors (Lipinski definition) is 2. The van der Waals surface area contributed by atoms with E-state index in [1.165, 1.54) is 5.56 Å². The van der Waals surface area contributed by atoms with E-state index >= 15 is 0 Å². The van der Waals surface area contributed by atoms with Gasteiger partial charge in [-0.05, 0) is 41.2 Å². The molecule has 0 spiro atoms. The third-order valence-corrected chi connectivity index (χ3v) is 5.31. The molecule has 0 aliphatic heterocycles. The van der Waals surface area contributed by atoms with Gasteiger partial charge in [-0.3, -0.25) is 0 Å². The molecule has 2 heteroatoms. The topological polar surface area (TPSA) is 52.0 Å². The minimum Gasteiger partial charge on any atom is -0.309 e. The van der Waals surface area contributed by atoms with Gasteiger partial charge >= 0.3 is 0 Å². The summed E-state index contributed by atoms with van der Waals surface area (Å²) in [5.74, 6) is 0.267. The SMILES string of the molecule is CC1(C)CC=CC(C)(C2Cc3ccccc3C2(N)N)C1. The summed E-state index contributed by atoms with van der Waals surface area (Å²) in [6.45, 7) is 7.01. The molecule has 2 aliphatic rings. The maximum Gasteiger partial charge on any atom is 0.0942 e. The van der Waals surface area contributed by atoms with Gasteiger partial charge in [-0.25, -0.2) is 0 Å². The van der Waals surface area contributed by atoms with E-state index in [1.807, 2.05) is 6.07 Å². The summed E-state index contributed by atoms with van der Waals surface area (Å²) in [6.07, 6.45) is 7.96. The molecular formula is C18H26N2. The van der Waals surface area contributed by atoms with Gasteiger partial charge in [0.05, 0.1) is 5.66 Å². The van der Waals surface area contributed by atoms with Crippen LogP contribution in [0.3, 0.4) is 0 Å². The fourth-order valence-corrected chi connectivity index (χ4v) is 4.52. The molecule has 4 N–H and O–H groups in total. The summed E-state index contributed by atoms with van der Waals surface area (Å²) < 4.78 is 0. The summed E-state index contributed by atoms with van der Waals surface area (Å²) in [6, 6.07) is 8.39. The number of rotatable bonds is 1. The Morgan fingerprint density at radius 3 is 2.45 bits per heavy atom. The number of hydrogen-bond donors (Lipinski definition) is 2. The average molecular weight is 270 g/mol. The molecule has 0 bridgehead atoms. The second-order valence-electron chi connectivity index (χ2n) is 7.80. The summed E-state index contributed by atoms with van der Waals surface area (Å²) >= 11 is 0. The van der Waals surface area contributed by atoms with Crippen molar-refractivity contribution in [3.8, 4) is 0 Å². The van der Waals surface area contributed by atoms with Crippen molar-refractivity contribution >= 4 is 0 Å². The van der Waals surface area contributed by atoms with Crippen molar-refractivity contribution in [1.82, 2.24) is 0 Å². The zero-order valence-electron chi connectivity index (χ0n) is 12.8. The van der Waals surface area contributed by atoms with Crippen LogP contribution in [0, 0.1) is 16.7 Å². The monoisotopic (exact) mass is 270 g/mol. The van der Waals surface area contributed by atoms with Gasteiger partial charge in [0, 0.05) is 5.92 Å². The van der Waals surface area contributed by atoms with Gasteiger partial charge in [-0.1, -0.05) is 57.2 Å². The van der Waals surface area contributed by atoms with Crippen LogP contribution in [0.15, 0.2) is 36.4 Å². The lowest BCUT2D eigenvalue weighted by Gasteiger charge is -2.47. The predicted molar refractivity (Wildman–Crippen MR) is 84.0 cm³/mol. The third-order valence-electron chi connectivity index (χ3n) is 5.31. The van der Waals surface area contributed by atoms with Crippen molar-refractivity contribution in [1.29, 1.82) is 0 Å². The molecule has 20 heavy (non-hydrogen) atoms. The van der Waals surface area contributed by atoms with E-state index in [4.69, 9.17) is 11.5 Å². The highest BCUT2D eigenvalue weighted by molar-refractivity contribution is 5.40. The van der Waals surface area contributed by atoms with E-state index in [-0.39, 0.29) is 11.3 Å². The van der Waals surface area contributed by atoms with E-state index in [2.05, 4.69) is 51.1 Å². The molecule has 0 fully saturated rings. The van der Waals surface area contributed by atoms with Gasteiger partial charge in [0.2, 0.25) is 0 Å². The molecule has 0 saturated heterocycles. The van der Waals surface area contributed by atoms with Crippen LogP contribution in [-0.4, -0.2) is 0 Å². The lowest BCUT2D eigenvalue weighted by atomic mass is 9.60. The number of fused-ring (bicyclic) bond motifs is 1. The Bertz CT molecular complexity index is 556. The quantitative estimate of drug-likeness (QED) is 0.607. The summed E-state index contributed by atoms with van der Waals surface area (Å²) in [4.78, 5) is 0. The molecule has 1 aromatic carbocycles. The minimum absolute atomic E-state index is 0.0737. The fourth-order valence-electron chi connectivity index (χ4n) is 4.52. The van der Waals surface area contributed by atoms with Crippen molar-refractivity contribution in [2.75, 3.05) is 0 Å². The van der Waals surface area contributed by atoms with Crippen LogP contribution in [0.4, 0.5) is 0 Å². The molecule has 2 atom stereocenters. The van der Waals surface area contributed by atoms with Crippen LogP contribution in [0.1, 0.15) is 44.7 Å². The molecule has 0 heterocycles. The lowest BCUT2D eigenvalue weighted by molar-refractivity contribution is 0.0895. The first-order valence-corrected chi connectivity index (χ1v) is 7.58. The second kappa shape index (κ2) is 4.19. The third kappa shape index (κ3) is 2.02. The van der Waals surface area contributed by atoms with Crippen LogP contribution in [0.25, 0.3) is 0 Å². The first-order valence-electron chi connectivity index (χ1n) is 7.58. The molecule has 0 amide bonds. The van der Waals surface area contributed by atoms with E-state index in [0.29, 0.717) is 5.41 Å². The van der Waals surface area contributed by atoms with Gasteiger partial charge < -0.3 is 11.5 Å². The second-order valence-corrected chi connectivity index (χ2v) is 7.80. The van der Waals surface area contributed by atoms with Gasteiger partial charge in [0.25, 0.3) is 0 Å². The van der Waals surface area contributed by atoms with Crippen molar-refractivity contribution < 1.29 is 0 Å². The first kappa shape index (κ1) is 13.8. The average Bonchev–Trinajstić information content (AvgIpc) is 2.61. The first-order chi connectivity index (χ1) is 9.25. The van der Waals surface area contributed by atoms with Crippen LogP contribution in [0.5, 0.6) is 0 Å².